The summed E-state index contributed by atoms with van der Waals surface area (Å²) in [4.78, 5) is 25.4. The molecule has 1 saturated heterocycles. The van der Waals surface area contributed by atoms with Gasteiger partial charge in [-0.25, -0.2) is 18.2 Å². The van der Waals surface area contributed by atoms with E-state index in [9.17, 15) is 18.5 Å². The van der Waals surface area contributed by atoms with Crippen molar-refractivity contribution in [2.45, 2.75) is 43.2 Å². The second kappa shape index (κ2) is 11.9. The van der Waals surface area contributed by atoms with E-state index in [0.29, 0.717) is 25.2 Å². The van der Waals surface area contributed by atoms with Crippen molar-refractivity contribution < 1.29 is 22.7 Å². The highest BCUT2D eigenvalue weighted by Crippen LogP contribution is 2.40. The number of piperazine rings is 1. The highest BCUT2D eigenvalue weighted by molar-refractivity contribution is 7.90. The van der Waals surface area contributed by atoms with Crippen LogP contribution in [0.15, 0.2) is 78.0 Å². The van der Waals surface area contributed by atoms with Gasteiger partial charge in [-0.15, -0.1) is 0 Å². The Morgan fingerprint density at radius 1 is 1.05 bits per heavy atom. The van der Waals surface area contributed by atoms with Gasteiger partial charge in [-0.3, -0.25) is 0 Å². The first-order valence-corrected chi connectivity index (χ1v) is 16.1. The number of sulfone groups is 1. The molecule has 4 aromatic rings. The van der Waals surface area contributed by atoms with Crippen molar-refractivity contribution in [3.05, 3.63) is 89.5 Å². The van der Waals surface area contributed by atoms with E-state index in [1.54, 1.807) is 4.90 Å². The fraction of sp³-hybridized carbons (Fsp3) is 0.312. The van der Waals surface area contributed by atoms with Crippen LogP contribution in [0.2, 0.25) is 0 Å². The molecule has 0 radical (unpaired) electrons. The number of aromatic nitrogens is 2. The maximum atomic E-state index is 13.0. The van der Waals surface area contributed by atoms with Crippen molar-refractivity contribution in [2.24, 2.45) is 0 Å². The van der Waals surface area contributed by atoms with Gasteiger partial charge in [-0.05, 0) is 29.2 Å². The van der Waals surface area contributed by atoms with Gasteiger partial charge in [0.2, 0.25) is 15.7 Å². The van der Waals surface area contributed by atoms with E-state index in [1.165, 1.54) is 0 Å². The number of anilines is 1. The van der Waals surface area contributed by atoms with E-state index in [1.807, 2.05) is 71.6 Å². The molecule has 43 heavy (non-hydrogen) atoms. The molecule has 0 bridgehead atoms. The van der Waals surface area contributed by atoms with Gasteiger partial charge >= 0.3 is 6.09 Å². The summed E-state index contributed by atoms with van der Waals surface area (Å²) in [6, 6.07) is 25.2. The van der Waals surface area contributed by atoms with Crippen LogP contribution < -0.4 is 9.64 Å². The monoisotopic (exact) mass is 597 g/mol. The summed E-state index contributed by atoms with van der Waals surface area (Å²) in [7, 11) is -3.76. The molecule has 10 nitrogen and oxygen atoms in total. The van der Waals surface area contributed by atoms with Crippen LogP contribution >= 0.6 is 0 Å². The molecule has 1 fully saturated rings. The summed E-state index contributed by atoms with van der Waals surface area (Å²) in [5, 5.41) is 11.4. The van der Waals surface area contributed by atoms with Crippen LogP contribution in [-0.2, 0) is 27.6 Å². The Bertz CT molecular complexity index is 1800. The highest BCUT2D eigenvalue weighted by Gasteiger charge is 2.36. The Hall–Kier alpha value is -4.69. The van der Waals surface area contributed by atoms with E-state index in [4.69, 9.17) is 9.47 Å². The van der Waals surface area contributed by atoms with Gasteiger partial charge in [0.1, 0.15) is 18.5 Å². The first-order chi connectivity index (χ1) is 20.8. The lowest BCUT2D eigenvalue weighted by molar-refractivity contribution is 0.0767. The van der Waals surface area contributed by atoms with Crippen molar-refractivity contribution in [1.29, 1.82) is 5.26 Å². The molecule has 0 N–H and O–H groups in total. The molecule has 2 aliphatic rings. The largest absolute Gasteiger partial charge is 0.469 e. The molecule has 0 saturated carbocycles. The minimum absolute atomic E-state index is 0.0861. The maximum Gasteiger partial charge on any atom is 0.410 e. The third-order valence-corrected chi connectivity index (χ3v) is 8.73. The Morgan fingerprint density at radius 2 is 1.81 bits per heavy atom. The van der Waals surface area contributed by atoms with E-state index in [0.717, 1.165) is 33.7 Å². The van der Waals surface area contributed by atoms with Crippen molar-refractivity contribution in [1.82, 2.24) is 14.9 Å². The molecule has 220 valence electrons. The molecule has 3 heterocycles. The number of carbonyl (C=O) groups excluding carboxylic acids is 1. The van der Waals surface area contributed by atoms with Gasteiger partial charge in [-0.1, -0.05) is 72.8 Å². The van der Waals surface area contributed by atoms with E-state index >= 15 is 0 Å². The van der Waals surface area contributed by atoms with E-state index in [2.05, 4.69) is 22.1 Å². The predicted molar refractivity (Wildman–Crippen MR) is 160 cm³/mol. The fourth-order valence-electron chi connectivity index (χ4n) is 5.77. The number of fused-ring (bicyclic) bond motifs is 2. The van der Waals surface area contributed by atoms with Gasteiger partial charge in [-0.2, -0.15) is 10.2 Å². The minimum Gasteiger partial charge on any atom is -0.469 e. The molecular formula is C32H31N5O5S. The molecule has 0 aliphatic carbocycles. The summed E-state index contributed by atoms with van der Waals surface area (Å²) in [5.41, 5.74) is 2.61. The SMILES string of the molecule is CS(=O)(=O)c1nc2c(c(N3CCN(C(=O)OCc4ccccc4)[C@@H](CC#N)C3)n1)CCC(c1cccc3ccccc13)O2. The van der Waals surface area contributed by atoms with Crippen LogP contribution in [0.1, 0.15) is 35.6 Å². The summed E-state index contributed by atoms with van der Waals surface area (Å²) in [6.07, 6.45) is 1.59. The molecule has 11 heteroatoms. The van der Waals surface area contributed by atoms with Crippen LogP contribution in [0.5, 0.6) is 5.88 Å². The lowest BCUT2D eigenvalue weighted by Crippen LogP contribution is -2.55. The van der Waals surface area contributed by atoms with Gasteiger partial charge in [0.15, 0.2) is 0 Å². The Morgan fingerprint density at radius 3 is 2.60 bits per heavy atom. The smallest absolute Gasteiger partial charge is 0.410 e. The van der Waals surface area contributed by atoms with Crippen LogP contribution in [0, 0.1) is 11.3 Å². The Balaban J connectivity index is 1.27. The van der Waals surface area contributed by atoms with Gasteiger partial charge in [0, 0.05) is 31.5 Å². The summed E-state index contributed by atoms with van der Waals surface area (Å²) >= 11 is 0. The zero-order valence-electron chi connectivity index (χ0n) is 23.7. The summed E-state index contributed by atoms with van der Waals surface area (Å²) in [5.74, 6) is 0.707. The average molecular weight is 598 g/mol. The quantitative estimate of drug-likeness (QED) is 0.287. The summed E-state index contributed by atoms with van der Waals surface area (Å²) < 4.78 is 37.3. The molecule has 1 unspecified atom stereocenters. The molecular weight excluding hydrogens is 566 g/mol. The number of hydrogen-bond acceptors (Lipinski definition) is 9. The second-order valence-corrected chi connectivity index (χ2v) is 12.7. The number of nitrogens with zero attached hydrogens (tertiary/aromatic N) is 5. The minimum atomic E-state index is -3.76. The predicted octanol–water partition coefficient (Wildman–Crippen LogP) is 4.84. The Kier molecular flexibility index (Phi) is 7.86. The van der Waals surface area contributed by atoms with Crippen molar-refractivity contribution in [3.63, 3.8) is 0 Å². The standard InChI is InChI=1S/C32H31N5O5S/c1-43(39,40)31-34-29(27-14-15-28(42-30(27)35-31)26-13-7-11-23-10-5-6-12-25(23)26)36-18-19-37(24(20-36)16-17-33)32(38)41-21-22-8-3-2-4-9-22/h2-13,24,28H,14-16,18-21H2,1H3/t24-,28?/m0/s1. The number of carbonyl (C=O) groups is 1. The number of rotatable bonds is 6. The third kappa shape index (κ3) is 5.96. The van der Waals surface area contributed by atoms with Crippen molar-refractivity contribution in [2.75, 3.05) is 30.8 Å². The number of amides is 1. The number of ether oxygens (including phenoxy) is 2. The Labute approximate surface area is 250 Å². The van der Waals surface area contributed by atoms with E-state index < -0.39 is 22.0 Å². The molecule has 1 amide bonds. The van der Waals surface area contributed by atoms with Crippen molar-refractivity contribution >= 4 is 32.5 Å². The maximum absolute atomic E-state index is 13.0. The topological polar surface area (TPSA) is 126 Å². The van der Waals surface area contributed by atoms with Gasteiger partial charge < -0.3 is 19.3 Å². The number of nitriles is 1. The van der Waals surface area contributed by atoms with E-state index in [-0.39, 0.29) is 43.3 Å². The lowest BCUT2D eigenvalue weighted by atomic mass is 9.94. The van der Waals surface area contributed by atoms with Crippen LogP contribution in [0.4, 0.5) is 10.6 Å². The molecule has 2 aliphatic heterocycles. The number of benzene rings is 3. The summed E-state index contributed by atoms with van der Waals surface area (Å²) in [6.45, 7) is 1.08. The molecule has 0 spiro atoms. The van der Waals surface area contributed by atoms with Crippen molar-refractivity contribution in [3.8, 4) is 11.9 Å². The molecule has 1 aromatic heterocycles. The highest BCUT2D eigenvalue weighted by atomic mass is 32.2. The van der Waals surface area contributed by atoms with Crippen LogP contribution in [0.3, 0.4) is 0 Å². The fourth-order valence-corrected chi connectivity index (χ4v) is 6.27. The second-order valence-electron chi connectivity index (χ2n) is 10.8. The molecule has 6 rings (SSSR count). The first kappa shape index (κ1) is 28.4. The first-order valence-electron chi connectivity index (χ1n) is 14.2. The van der Waals surface area contributed by atoms with Gasteiger partial charge in [0.05, 0.1) is 24.1 Å². The molecule has 2 atom stereocenters. The zero-order valence-corrected chi connectivity index (χ0v) is 24.5. The van der Waals surface area contributed by atoms with Gasteiger partial charge in [0.25, 0.3) is 5.16 Å². The third-order valence-electron chi connectivity index (χ3n) is 7.89. The lowest BCUT2D eigenvalue weighted by Gasteiger charge is -2.41. The molecule has 3 aromatic carbocycles. The van der Waals surface area contributed by atoms with Crippen LogP contribution in [-0.4, -0.2) is 61.3 Å². The average Bonchev–Trinajstić information content (AvgIpc) is 3.02. The number of hydrogen-bond donors (Lipinski definition) is 0. The zero-order chi connectivity index (χ0) is 30.0. The van der Waals surface area contributed by atoms with Crippen LogP contribution in [0.25, 0.3) is 10.8 Å². The normalized spacial score (nSPS) is 18.4.